The van der Waals surface area contributed by atoms with E-state index >= 15 is 0 Å². The van der Waals surface area contributed by atoms with Gasteiger partial charge >= 0.3 is 0 Å². The zero-order chi connectivity index (χ0) is 17.9. The number of pyridine rings is 1. The predicted molar refractivity (Wildman–Crippen MR) is 91.9 cm³/mol. The summed E-state index contributed by atoms with van der Waals surface area (Å²) in [5.74, 6) is -0.369. The van der Waals surface area contributed by atoms with Crippen molar-refractivity contribution in [1.82, 2.24) is 15.1 Å². The van der Waals surface area contributed by atoms with Gasteiger partial charge in [-0.1, -0.05) is 22.6 Å². The van der Waals surface area contributed by atoms with Gasteiger partial charge in [0.25, 0.3) is 5.91 Å². The number of rotatable bonds is 5. The van der Waals surface area contributed by atoms with Crippen LogP contribution in [0.3, 0.4) is 0 Å². The van der Waals surface area contributed by atoms with Crippen LogP contribution in [0, 0.1) is 0 Å². The van der Waals surface area contributed by atoms with E-state index in [2.05, 4.69) is 20.4 Å². The number of thiazole rings is 1. The Morgan fingerprint density at radius 1 is 1.08 bits per heavy atom. The van der Waals surface area contributed by atoms with E-state index in [9.17, 15) is 9.59 Å². The molecule has 8 nitrogen and oxygen atoms in total. The molecule has 4 aromatic heterocycles. The standard InChI is InChI=1S/C17H10N4O4S/c22-14(10-4-1-2-7-18-10)15-13(11-5-3-9-24-11)20-17(26-15)21-16(23)12-6-8-19-25-12/h1-9H,(H,20,21,23). The Kier molecular flexibility index (Phi) is 4.12. The quantitative estimate of drug-likeness (QED) is 0.540. The first-order chi connectivity index (χ1) is 12.7. The fourth-order valence-corrected chi connectivity index (χ4v) is 3.13. The molecule has 0 radical (unpaired) electrons. The molecule has 0 spiro atoms. The third-order valence-corrected chi connectivity index (χ3v) is 4.34. The van der Waals surface area contributed by atoms with Crippen molar-refractivity contribution in [2.75, 3.05) is 5.32 Å². The molecule has 0 aliphatic rings. The summed E-state index contributed by atoms with van der Waals surface area (Å²) in [6.07, 6.45) is 4.38. The second-order valence-electron chi connectivity index (χ2n) is 5.05. The van der Waals surface area contributed by atoms with Gasteiger partial charge in [0.15, 0.2) is 10.9 Å². The SMILES string of the molecule is O=C(Nc1nc(-c2ccco2)c(C(=O)c2ccccn2)s1)c1ccno1. The van der Waals surface area contributed by atoms with Crippen LogP contribution in [0.4, 0.5) is 5.13 Å². The second kappa shape index (κ2) is 6.73. The molecule has 0 aromatic carbocycles. The van der Waals surface area contributed by atoms with E-state index < -0.39 is 5.91 Å². The molecule has 1 N–H and O–H groups in total. The summed E-state index contributed by atoms with van der Waals surface area (Å²) in [4.78, 5) is 33.7. The van der Waals surface area contributed by atoms with Crippen molar-refractivity contribution in [2.45, 2.75) is 0 Å². The van der Waals surface area contributed by atoms with E-state index in [1.165, 1.54) is 24.7 Å². The van der Waals surface area contributed by atoms with Gasteiger partial charge in [-0.2, -0.15) is 0 Å². The fraction of sp³-hybridized carbons (Fsp3) is 0. The predicted octanol–water partition coefficient (Wildman–Crippen LogP) is 3.27. The lowest BCUT2D eigenvalue weighted by Crippen LogP contribution is -2.10. The smallest absolute Gasteiger partial charge is 0.296 e. The molecule has 1 amide bonds. The molecule has 0 aliphatic heterocycles. The lowest BCUT2D eigenvalue weighted by atomic mass is 10.1. The molecule has 4 heterocycles. The van der Waals surface area contributed by atoms with Crippen LogP contribution in [-0.4, -0.2) is 26.8 Å². The van der Waals surface area contributed by atoms with Gasteiger partial charge in [-0.15, -0.1) is 0 Å². The Labute approximate surface area is 150 Å². The van der Waals surface area contributed by atoms with Gasteiger partial charge in [0.1, 0.15) is 16.3 Å². The first kappa shape index (κ1) is 15.9. The first-order valence-electron chi connectivity index (χ1n) is 7.45. The van der Waals surface area contributed by atoms with Crippen molar-refractivity contribution in [2.24, 2.45) is 0 Å². The molecule has 0 saturated heterocycles. The Hall–Kier alpha value is -3.59. The van der Waals surface area contributed by atoms with E-state index in [4.69, 9.17) is 8.94 Å². The van der Waals surface area contributed by atoms with Crippen LogP contribution in [-0.2, 0) is 0 Å². The van der Waals surface area contributed by atoms with Gasteiger partial charge in [-0.05, 0) is 24.3 Å². The number of ketones is 1. The summed E-state index contributed by atoms with van der Waals surface area (Å²) in [6.45, 7) is 0. The molecular weight excluding hydrogens is 356 g/mol. The van der Waals surface area contributed by atoms with Gasteiger partial charge < -0.3 is 8.94 Å². The summed E-state index contributed by atoms with van der Waals surface area (Å²) in [5.41, 5.74) is 0.612. The molecule has 0 atom stereocenters. The van der Waals surface area contributed by atoms with E-state index in [-0.39, 0.29) is 22.4 Å². The minimum absolute atomic E-state index is 0.0392. The summed E-state index contributed by atoms with van der Waals surface area (Å²) in [7, 11) is 0. The van der Waals surface area contributed by atoms with Crippen molar-refractivity contribution >= 4 is 28.2 Å². The van der Waals surface area contributed by atoms with Crippen molar-refractivity contribution < 1.29 is 18.5 Å². The second-order valence-corrected chi connectivity index (χ2v) is 6.05. The molecule has 0 aliphatic carbocycles. The van der Waals surface area contributed by atoms with Crippen LogP contribution < -0.4 is 5.32 Å². The zero-order valence-corrected chi connectivity index (χ0v) is 13.9. The van der Waals surface area contributed by atoms with Crippen molar-refractivity contribution in [1.29, 1.82) is 0 Å². The molecule has 4 rings (SSSR count). The maximum absolute atomic E-state index is 12.8. The molecule has 0 saturated carbocycles. The van der Waals surface area contributed by atoms with Crippen LogP contribution in [0.1, 0.15) is 25.9 Å². The number of amides is 1. The van der Waals surface area contributed by atoms with Crippen LogP contribution >= 0.6 is 11.3 Å². The van der Waals surface area contributed by atoms with E-state index in [0.717, 1.165) is 11.3 Å². The molecule has 0 bridgehead atoms. The van der Waals surface area contributed by atoms with E-state index in [0.29, 0.717) is 16.3 Å². The summed E-state index contributed by atoms with van der Waals surface area (Å²) in [5, 5.41) is 6.31. The first-order valence-corrected chi connectivity index (χ1v) is 8.26. The van der Waals surface area contributed by atoms with Gasteiger partial charge in [-0.3, -0.25) is 19.9 Å². The number of hydrogen-bond donors (Lipinski definition) is 1. The minimum atomic E-state index is -0.515. The van der Waals surface area contributed by atoms with Crippen molar-refractivity contribution in [3.05, 3.63) is 71.4 Å². The summed E-state index contributed by atoms with van der Waals surface area (Å²) >= 11 is 1.03. The number of anilines is 1. The highest BCUT2D eigenvalue weighted by atomic mass is 32.1. The van der Waals surface area contributed by atoms with Crippen LogP contribution in [0.15, 0.2) is 64.0 Å². The lowest BCUT2D eigenvalue weighted by Gasteiger charge is -1.98. The van der Waals surface area contributed by atoms with Gasteiger partial charge in [0.2, 0.25) is 11.5 Å². The molecule has 26 heavy (non-hydrogen) atoms. The van der Waals surface area contributed by atoms with Crippen molar-refractivity contribution in [3.63, 3.8) is 0 Å². The van der Waals surface area contributed by atoms with E-state index in [1.807, 2.05) is 0 Å². The average molecular weight is 366 g/mol. The Morgan fingerprint density at radius 3 is 2.69 bits per heavy atom. The summed E-state index contributed by atoms with van der Waals surface area (Å²) in [6, 6.07) is 9.86. The topological polar surface area (TPSA) is 111 Å². The lowest BCUT2D eigenvalue weighted by molar-refractivity contribution is 0.0986. The molecule has 128 valence electrons. The molecule has 0 fully saturated rings. The summed E-state index contributed by atoms with van der Waals surface area (Å²) < 4.78 is 10.2. The molecule has 0 unspecified atom stereocenters. The number of nitrogens with zero attached hydrogens (tertiary/aromatic N) is 3. The van der Waals surface area contributed by atoms with Gasteiger partial charge in [-0.25, -0.2) is 4.98 Å². The highest BCUT2D eigenvalue weighted by Gasteiger charge is 2.24. The Bertz CT molecular complexity index is 1040. The third kappa shape index (κ3) is 3.03. The fourth-order valence-electron chi connectivity index (χ4n) is 2.21. The van der Waals surface area contributed by atoms with E-state index in [1.54, 1.807) is 30.3 Å². The number of furan rings is 1. The van der Waals surface area contributed by atoms with Crippen LogP contribution in [0.2, 0.25) is 0 Å². The van der Waals surface area contributed by atoms with Gasteiger partial charge in [0.05, 0.1) is 12.5 Å². The Morgan fingerprint density at radius 2 is 2.00 bits per heavy atom. The number of carbonyl (C=O) groups excluding carboxylic acids is 2. The zero-order valence-electron chi connectivity index (χ0n) is 13.1. The Balaban J connectivity index is 1.71. The average Bonchev–Trinajstić information content (AvgIpc) is 3.42. The number of aromatic nitrogens is 3. The van der Waals surface area contributed by atoms with Crippen LogP contribution in [0.25, 0.3) is 11.5 Å². The highest BCUT2D eigenvalue weighted by Crippen LogP contribution is 2.33. The largest absolute Gasteiger partial charge is 0.463 e. The number of hydrogen-bond acceptors (Lipinski definition) is 8. The maximum atomic E-state index is 12.8. The molecule has 4 aromatic rings. The number of nitrogens with one attached hydrogen (secondary N) is 1. The molecular formula is C17H10N4O4S. The highest BCUT2D eigenvalue weighted by molar-refractivity contribution is 7.18. The van der Waals surface area contributed by atoms with Crippen molar-refractivity contribution in [3.8, 4) is 11.5 Å². The maximum Gasteiger partial charge on any atom is 0.296 e. The minimum Gasteiger partial charge on any atom is -0.463 e. The van der Waals surface area contributed by atoms with Crippen LogP contribution in [0.5, 0.6) is 0 Å². The normalized spacial score (nSPS) is 10.6. The van der Waals surface area contributed by atoms with Gasteiger partial charge in [0, 0.05) is 12.3 Å². The third-order valence-electron chi connectivity index (χ3n) is 3.37. The molecule has 9 heteroatoms. The number of carbonyl (C=O) groups is 2. The monoisotopic (exact) mass is 366 g/mol.